The number of carboxylic acids is 1. The molecule has 0 spiro atoms. The molecule has 1 aliphatic carbocycles. The third kappa shape index (κ3) is 5.26. The quantitative estimate of drug-likeness (QED) is 0.356. The number of fused-ring (bicyclic) bond motifs is 1. The topological polar surface area (TPSA) is 114 Å². The van der Waals surface area contributed by atoms with Gasteiger partial charge in [0.2, 0.25) is 11.8 Å². The van der Waals surface area contributed by atoms with Crippen LogP contribution in [0.25, 0.3) is 11.3 Å². The van der Waals surface area contributed by atoms with Crippen LogP contribution in [0.3, 0.4) is 0 Å². The lowest BCUT2D eigenvalue weighted by Crippen LogP contribution is -2.43. The maximum atomic E-state index is 13.2. The Kier molecular flexibility index (Phi) is 6.73. The first kappa shape index (κ1) is 23.6. The Bertz CT molecular complexity index is 1350. The Labute approximate surface area is 212 Å². The lowest BCUT2D eigenvalue weighted by atomic mass is 9.80. The summed E-state index contributed by atoms with van der Waals surface area (Å²) in [7, 11) is 0. The minimum Gasteiger partial charge on any atom is -0.481 e. The second kappa shape index (κ2) is 10.2. The summed E-state index contributed by atoms with van der Waals surface area (Å²) in [6.07, 6.45) is 5.78. The van der Waals surface area contributed by atoms with Crippen molar-refractivity contribution in [3.05, 3.63) is 94.2 Å². The molecular formula is C27H24N4O4S. The smallest absolute Gasteiger partial charge is 0.304 e. The summed E-state index contributed by atoms with van der Waals surface area (Å²) in [5, 5.41) is 15.1. The molecule has 0 radical (unpaired) electrons. The maximum absolute atomic E-state index is 13.2. The van der Waals surface area contributed by atoms with Crippen LogP contribution in [0.1, 0.15) is 28.1 Å². The molecule has 1 amide bonds. The van der Waals surface area contributed by atoms with E-state index in [-0.39, 0.29) is 18.9 Å². The molecule has 4 aromatic rings. The fourth-order valence-corrected chi connectivity index (χ4v) is 5.21. The number of ether oxygens (including phenoxy) is 1. The van der Waals surface area contributed by atoms with E-state index in [1.807, 2.05) is 47.8 Å². The van der Waals surface area contributed by atoms with Gasteiger partial charge in [-0.15, -0.1) is 11.3 Å². The number of carbonyl (C=O) groups excluding carboxylic acids is 1. The highest BCUT2D eigenvalue weighted by Gasteiger charge is 2.45. The van der Waals surface area contributed by atoms with Gasteiger partial charge in [-0.2, -0.15) is 0 Å². The number of amides is 1. The average Bonchev–Trinajstić information content (AvgIpc) is 3.52. The molecule has 9 heteroatoms. The predicted molar refractivity (Wildman–Crippen MR) is 134 cm³/mol. The van der Waals surface area contributed by atoms with E-state index in [2.05, 4.69) is 20.3 Å². The van der Waals surface area contributed by atoms with Crippen molar-refractivity contribution in [2.24, 2.45) is 5.41 Å². The van der Waals surface area contributed by atoms with Crippen LogP contribution in [-0.4, -0.2) is 31.9 Å². The minimum absolute atomic E-state index is 0.210. The van der Waals surface area contributed by atoms with Gasteiger partial charge in [0.05, 0.1) is 24.1 Å². The molecule has 3 heterocycles. The lowest BCUT2D eigenvalue weighted by Gasteiger charge is -2.25. The van der Waals surface area contributed by atoms with Gasteiger partial charge in [0.25, 0.3) is 0 Å². The standard InChI is InChI=1S/C27H24N4O4S/c32-25(33)13-27(11-19-3-1-2-4-20(19)12-27)26(34)30-15-24-31-22(17-36-24)21-5-6-23(29-14-21)35-16-18-7-9-28-10-8-18/h1-10,14,17H,11-13,15-16H2,(H,30,34)(H,32,33). The van der Waals surface area contributed by atoms with E-state index in [1.54, 1.807) is 24.7 Å². The van der Waals surface area contributed by atoms with Crippen molar-refractivity contribution in [2.75, 3.05) is 0 Å². The van der Waals surface area contributed by atoms with Gasteiger partial charge in [0, 0.05) is 35.6 Å². The van der Waals surface area contributed by atoms with E-state index in [0.717, 1.165) is 33.0 Å². The number of rotatable bonds is 9. The van der Waals surface area contributed by atoms with Crippen molar-refractivity contribution in [3.63, 3.8) is 0 Å². The highest BCUT2D eigenvalue weighted by atomic mass is 32.1. The summed E-state index contributed by atoms with van der Waals surface area (Å²) in [6.45, 7) is 0.644. The highest BCUT2D eigenvalue weighted by Crippen LogP contribution is 2.40. The Balaban J connectivity index is 1.20. The molecule has 182 valence electrons. The number of thiazole rings is 1. The summed E-state index contributed by atoms with van der Waals surface area (Å²) in [5.41, 5.74) is 3.69. The Hall–Kier alpha value is -4.11. The van der Waals surface area contributed by atoms with Gasteiger partial charge in [0.1, 0.15) is 11.6 Å². The molecule has 1 aliphatic rings. The van der Waals surface area contributed by atoms with Gasteiger partial charge < -0.3 is 15.2 Å². The molecule has 3 aromatic heterocycles. The van der Waals surface area contributed by atoms with E-state index < -0.39 is 11.4 Å². The van der Waals surface area contributed by atoms with Gasteiger partial charge >= 0.3 is 5.97 Å². The van der Waals surface area contributed by atoms with Crippen molar-refractivity contribution in [2.45, 2.75) is 32.4 Å². The Morgan fingerprint density at radius 2 is 1.81 bits per heavy atom. The van der Waals surface area contributed by atoms with Crippen LogP contribution in [0.2, 0.25) is 0 Å². The third-order valence-electron chi connectivity index (χ3n) is 6.27. The molecule has 0 fully saturated rings. The second-order valence-corrected chi connectivity index (χ2v) is 9.75. The summed E-state index contributed by atoms with van der Waals surface area (Å²) in [6, 6.07) is 15.2. The molecular weight excluding hydrogens is 476 g/mol. The van der Waals surface area contributed by atoms with Crippen LogP contribution in [0.5, 0.6) is 5.88 Å². The maximum Gasteiger partial charge on any atom is 0.304 e. The normalized spacial score (nSPS) is 13.7. The van der Waals surface area contributed by atoms with Crippen molar-refractivity contribution in [3.8, 4) is 17.1 Å². The Morgan fingerprint density at radius 3 is 2.47 bits per heavy atom. The van der Waals surface area contributed by atoms with Crippen molar-refractivity contribution in [1.29, 1.82) is 0 Å². The predicted octanol–water partition coefficient (Wildman–Crippen LogP) is 4.06. The first-order chi connectivity index (χ1) is 17.5. The molecule has 8 nitrogen and oxygen atoms in total. The number of benzene rings is 1. The molecule has 0 bridgehead atoms. The van der Waals surface area contributed by atoms with Crippen LogP contribution in [0, 0.1) is 5.41 Å². The molecule has 0 atom stereocenters. The molecule has 1 aromatic carbocycles. The fraction of sp³-hybridized carbons (Fsp3) is 0.222. The monoisotopic (exact) mass is 500 g/mol. The van der Waals surface area contributed by atoms with Crippen molar-refractivity contribution < 1.29 is 19.4 Å². The highest BCUT2D eigenvalue weighted by molar-refractivity contribution is 7.09. The van der Waals surface area contributed by atoms with Gasteiger partial charge in [0.15, 0.2) is 0 Å². The first-order valence-electron chi connectivity index (χ1n) is 11.5. The van der Waals surface area contributed by atoms with Crippen LogP contribution < -0.4 is 10.1 Å². The van der Waals surface area contributed by atoms with E-state index in [0.29, 0.717) is 25.3 Å². The van der Waals surface area contributed by atoms with E-state index in [1.165, 1.54) is 11.3 Å². The van der Waals surface area contributed by atoms with Gasteiger partial charge in [-0.05, 0) is 47.7 Å². The van der Waals surface area contributed by atoms with Crippen molar-refractivity contribution >= 4 is 23.2 Å². The number of carbonyl (C=O) groups is 2. The van der Waals surface area contributed by atoms with Crippen LogP contribution in [-0.2, 0) is 35.6 Å². The zero-order chi connectivity index (χ0) is 25.0. The van der Waals surface area contributed by atoms with E-state index in [4.69, 9.17) is 4.74 Å². The molecule has 0 saturated carbocycles. The number of pyridine rings is 2. The molecule has 36 heavy (non-hydrogen) atoms. The largest absolute Gasteiger partial charge is 0.481 e. The number of nitrogens with one attached hydrogen (secondary N) is 1. The minimum atomic E-state index is -0.981. The zero-order valence-corrected chi connectivity index (χ0v) is 20.2. The summed E-state index contributed by atoms with van der Waals surface area (Å²) in [4.78, 5) is 37.8. The zero-order valence-electron chi connectivity index (χ0n) is 19.4. The summed E-state index contributed by atoms with van der Waals surface area (Å²) < 4.78 is 5.72. The van der Waals surface area contributed by atoms with Gasteiger partial charge in [-0.3, -0.25) is 14.6 Å². The molecule has 0 saturated heterocycles. The lowest BCUT2D eigenvalue weighted by molar-refractivity contribution is -0.145. The molecule has 0 aliphatic heterocycles. The summed E-state index contributed by atoms with van der Waals surface area (Å²) >= 11 is 1.43. The van der Waals surface area contributed by atoms with Gasteiger partial charge in [-0.1, -0.05) is 24.3 Å². The molecule has 5 rings (SSSR count). The SMILES string of the molecule is O=C(O)CC1(C(=O)NCc2nc(-c3ccc(OCc4ccncc4)nc3)cs2)Cc2ccccc2C1. The first-order valence-corrected chi connectivity index (χ1v) is 12.4. The fourth-order valence-electron chi connectivity index (χ4n) is 4.47. The summed E-state index contributed by atoms with van der Waals surface area (Å²) in [5.74, 6) is -0.718. The number of hydrogen-bond donors (Lipinski definition) is 2. The Morgan fingerprint density at radius 1 is 1.06 bits per heavy atom. The van der Waals surface area contributed by atoms with Crippen LogP contribution in [0.4, 0.5) is 0 Å². The van der Waals surface area contributed by atoms with Crippen molar-refractivity contribution in [1.82, 2.24) is 20.3 Å². The average molecular weight is 501 g/mol. The number of aromatic nitrogens is 3. The number of carboxylic acid groups (broad SMARTS) is 1. The molecule has 2 N–H and O–H groups in total. The van der Waals surface area contributed by atoms with E-state index in [9.17, 15) is 14.7 Å². The number of hydrogen-bond acceptors (Lipinski definition) is 7. The molecule has 0 unspecified atom stereocenters. The second-order valence-electron chi connectivity index (χ2n) is 8.81. The van der Waals surface area contributed by atoms with Crippen LogP contribution >= 0.6 is 11.3 Å². The van der Waals surface area contributed by atoms with Gasteiger partial charge in [-0.25, -0.2) is 9.97 Å². The third-order valence-corrected chi connectivity index (χ3v) is 7.12. The number of nitrogens with zero attached hydrogens (tertiary/aromatic N) is 3. The van der Waals surface area contributed by atoms with E-state index >= 15 is 0 Å². The van der Waals surface area contributed by atoms with Crippen LogP contribution in [0.15, 0.2) is 72.5 Å². The number of aliphatic carboxylic acids is 1.